The van der Waals surface area contributed by atoms with Crippen molar-refractivity contribution < 1.29 is 22.4 Å². The molecular weight excluding hydrogens is 324 g/mol. The van der Waals surface area contributed by atoms with Gasteiger partial charge in [-0.3, -0.25) is 4.90 Å². The summed E-state index contributed by atoms with van der Waals surface area (Å²) in [6, 6.07) is 7.52. The normalized spacial score (nSPS) is 12.6. The molecule has 0 aliphatic rings. The van der Waals surface area contributed by atoms with Crippen LogP contribution < -0.4 is 10.2 Å². The second kappa shape index (κ2) is 6.90. The van der Waals surface area contributed by atoms with Gasteiger partial charge in [-0.25, -0.2) is 9.18 Å². The Labute approximate surface area is 136 Å². The van der Waals surface area contributed by atoms with Crippen molar-refractivity contribution in [1.29, 1.82) is 0 Å². The second-order valence-corrected chi connectivity index (χ2v) is 5.37. The summed E-state index contributed by atoms with van der Waals surface area (Å²) in [7, 11) is 1.38. The largest absolute Gasteiger partial charge is 0.412 e. The second-order valence-electron chi connectivity index (χ2n) is 5.37. The highest BCUT2D eigenvalue weighted by Crippen LogP contribution is 2.33. The molecule has 0 aliphatic carbocycles. The number of halogens is 4. The zero-order valence-corrected chi connectivity index (χ0v) is 13.1. The molecule has 7 heteroatoms. The van der Waals surface area contributed by atoms with E-state index in [0.29, 0.717) is 5.69 Å². The summed E-state index contributed by atoms with van der Waals surface area (Å²) in [5, 5.41) is 1.95. The first-order valence-corrected chi connectivity index (χ1v) is 7.11. The standard InChI is InChI=1S/C17H16F4N2O/c1-11-4-3-5-14(10-11)23(2)16(24)22-15(17(19,20)21)12-6-8-13(18)9-7-12/h3-10,15H,1-2H3,(H,22,24)/t15-/m0/s1. The summed E-state index contributed by atoms with van der Waals surface area (Å²) in [5.41, 5.74) is 1.10. The molecular formula is C17H16F4N2O. The number of hydrogen-bond acceptors (Lipinski definition) is 1. The summed E-state index contributed by atoms with van der Waals surface area (Å²) >= 11 is 0. The molecule has 0 bridgehead atoms. The third-order valence-corrected chi connectivity index (χ3v) is 3.49. The van der Waals surface area contributed by atoms with Gasteiger partial charge in [0.1, 0.15) is 5.82 Å². The Morgan fingerprint density at radius 1 is 1.12 bits per heavy atom. The molecule has 24 heavy (non-hydrogen) atoms. The molecule has 0 fully saturated rings. The van der Waals surface area contributed by atoms with Crippen LogP contribution in [0, 0.1) is 12.7 Å². The summed E-state index contributed by atoms with van der Waals surface area (Å²) in [4.78, 5) is 13.3. The topological polar surface area (TPSA) is 32.3 Å². The van der Waals surface area contributed by atoms with E-state index in [1.165, 1.54) is 7.05 Å². The Balaban J connectivity index is 2.23. The van der Waals surface area contributed by atoms with Gasteiger partial charge in [0.25, 0.3) is 0 Å². The predicted octanol–water partition coefficient (Wildman–Crippen LogP) is 4.58. The van der Waals surface area contributed by atoms with Crippen molar-refractivity contribution in [2.45, 2.75) is 19.1 Å². The van der Waals surface area contributed by atoms with Crippen LogP contribution in [-0.4, -0.2) is 19.3 Å². The smallest absolute Gasteiger partial charge is 0.322 e. The fraction of sp³-hybridized carbons (Fsp3) is 0.235. The number of carbonyl (C=O) groups is 1. The van der Waals surface area contributed by atoms with Crippen molar-refractivity contribution in [2.24, 2.45) is 0 Å². The Hall–Kier alpha value is -2.57. The van der Waals surface area contributed by atoms with Gasteiger partial charge in [0.05, 0.1) is 0 Å². The maximum Gasteiger partial charge on any atom is 0.412 e. The third kappa shape index (κ3) is 4.24. The first-order chi connectivity index (χ1) is 11.2. The first-order valence-electron chi connectivity index (χ1n) is 7.11. The molecule has 0 radical (unpaired) electrons. The minimum Gasteiger partial charge on any atom is -0.322 e. The highest BCUT2D eigenvalue weighted by molar-refractivity contribution is 5.91. The number of carbonyl (C=O) groups excluding carboxylic acids is 1. The minimum atomic E-state index is -4.71. The SMILES string of the molecule is Cc1cccc(N(C)C(=O)N[C@@H](c2ccc(F)cc2)C(F)(F)F)c1. The number of aryl methyl sites for hydroxylation is 1. The molecule has 1 atom stereocenters. The number of hydrogen-bond donors (Lipinski definition) is 1. The van der Waals surface area contributed by atoms with Crippen molar-refractivity contribution in [3.63, 3.8) is 0 Å². The lowest BCUT2D eigenvalue weighted by Crippen LogP contribution is -2.44. The van der Waals surface area contributed by atoms with Gasteiger partial charge >= 0.3 is 12.2 Å². The average Bonchev–Trinajstić information content (AvgIpc) is 2.51. The number of nitrogens with one attached hydrogen (secondary N) is 1. The van der Waals surface area contributed by atoms with Gasteiger partial charge in [0.15, 0.2) is 6.04 Å². The van der Waals surface area contributed by atoms with E-state index in [2.05, 4.69) is 0 Å². The van der Waals surface area contributed by atoms with Crippen LogP contribution in [-0.2, 0) is 0 Å². The fourth-order valence-electron chi connectivity index (χ4n) is 2.18. The van der Waals surface area contributed by atoms with Crippen LogP contribution in [0.4, 0.5) is 28.0 Å². The Morgan fingerprint density at radius 3 is 2.29 bits per heavy atom. The van der Waals surface area contributed by atoms with Gasteiger partial charge in [-0.1, -0.05) is 24.3 Å². The zero-order chi connectivity index (χ0) is 17.9. The van der Waals surface area contributed by atoms with E-state index in [4.69, 9.17) is 0 Å². The van der Waals surface area contributed by atoms with Crippen LogP contribution in [0.1, 0.15) is 17.2 Å². The van der Waals surface area contributed by atoms with Gasteiger partial charge in [0.2, 0.25) is 0 Å². The Morgan fingerprint density at radius 2 is 1.75 bits per heavy atom. The van der Waals surface area contributed by atoms with E-state index >= 15 is 0 Å². The number of nitrogens with zero attached hydrogens (tertiary/aromatic N) is 1. The number of alkyl halides is 3. The van der Waals surface area contributed by atoms with Crippen LogP contribution in [0.15, 0.2) is 48.5 Å². The molecule has 0 spiro atoms. The quantitative estimate of drug-likeness (QED) is 0.815. The summed E-state index contributed by atoms with van der Waals surface area (Å²) in [6.45, 7) is 1.81. The molecule has 1 N–H and O–H groups in total. The van der Waals surface area contributed by atoms with E-state index in [1.807, 2.05) is 18.3 Å². The maximum absolute atomic E-state index is 13.3. The lowest BCUT2D eigenvalue weighted by Gasteiger charge is -2.26. The van der Waals surface area contributed by atoms with Gasteiger partial charge in [-0.2, -0.15) is 13.2 Å². The fourth-order valence-corrected chi connectivity index (χ4v) is 2.18. The van der Waals surface area contributed by atoms with Crippen molar-refractivity contribution >= 4 is 11.7 Å². The number of benzene rings is 2. The number of amides is 2. The third-order valence-electron chi connectivity index (χ3n) is 3.49. The number of urea groups is 1. The molecule has 0 aromatic heterocycles. The van der Waals surface area contributed by atoms with Crippen molar-refractivity contribution in [1.82, 2.24) is 5.32 Å². The van der Waals surface area contributed by atoms with Gasteiger partial charge < -0.3 is 5.32 Å². The molecule has 0 heterocycles. The Bertz CT molecular complexity index is 713. The molecule has 2 aromatic carbocycles. The molecule has 2 aromatic rings. The lowest BCUT2D eigenvalue weighted by atomic mass is 10.1. The number of rotatable bonds is 3. The predicted molar refractivity (Wildman–Crippen MR) is 83.3 cm³/mol. The molecule has 2 amide bonds. The molecule has 2 rings (SSSR count). The van der Waals surface area contributed by atoms with Crippen LogP contribution in [0.3, 0.4) is 0 Å². The van der Waals surface area contributed by atoms with Crippen molar-refractivity contribution in [3.05, 3.63) is 65.5 Å². The summed E-state index contributed by atoms with van der Waals surface area (Å²) in [6.07, 6.45) is -4.71. The molecule has 0 saturated carbocycles. The van der Waals surface area contributed by atoms with Gasteiger partial charge in [-0.05, 0) is 42.3 Å². The molecule has 0 unspecified atom stereocenters. The van der Waals surface area contributed by atoms with Crippen molar-refractivity contribution in [3.8, 4) is 0 Å². The Kier molecular flexibility index (Phi) is 5.11. The first kappa shape index (κ1) is 17.8. The van der Waals surface area contributed by atoms with E-state index in [0.717, 1.165) is 34.7 Å². The number of anilines is 1. The van der Waals surface area contributed by atoms with E-state index in [9.17, 15) is 22.4 Å². The van der Waals surface area contributed by atoms with Crippen LogP contribution in [0.5, 0.6) is 0 Å². The summed E-state index contributed by atoms with van der Waals surface area (Å²) in [5.74, 6) is -0.650. The molecule has 128 valence electrons. The lowest BCUT2D eigenvalue weighted by molar-refractivity contribution is -0.154. The van der Waals surface area contributed by atoms with E-state index in [1.54, 1.807) is 18.2 Å². The van der Waals surface area contributed by atoms with E-state index < -0.39 is 24.1 Å². The monoisotopic (exact) mass is 340 g/mol. The molecule has 0 saturated heterocycles. The molecule has 3 nitrogen and oxygen atoms in total. The van der Waals surface area contributed by atoms with Crippen LogP contribution in [0.25, 0.3) is 0 Å². The van der Waals surface area contributed by atoms with Crippen molar-refractivity contribution in [2.75, 3.05) is 11.9 Å². The minimum absolute atomic E-state index is 0.241. The summed E-state index contributed by atoms with van der Waals surface area (Å²) < 4.78 is 52.7. The average molecular weight is 340 g/mol. The van der Waals surface area contributed by atoms with E-state index in [-0.39, 0.29) is 5.56 Å². The van der Waals surface area contributed by atoms with Crippen LogP contribution >= 0.6 is 0 Å². The molecule has 0 aliphatic heterocycles. The van der Waals surface area contributed by atoms with Gasteiger partial charge in [-0.15, -0.1) is 0 Å². The van der Waals surface area contributed by atoms with Gasteiger partial charge in [0, 0.05) is 12.7 Å². The van der Waals surface area contributed by atoms with Crippen LogP contribution in [0.2, 0.25) is 0 Å². The zero-order valence-electron chi connectivity index (χ0n) is 13.1. The highest BCUT2D eigenvalue weighted by atomic mass is 19.4. The highest BCUT2D eigenvalue weighted by Gasteiger charge is 2.42. The maximum atomic E-state index is 13.3.